The predicted molar refractivity (Wildman–Crippen MR) is 61.9 cm³/mol. The van der Waals surface area contributed by atoms with Crippen molar-refractivity contribution in [2.45, 2.75) is 6.42 Å². The Bertz CT molecular complexity index is 481. The van der Waals surface area contributed by atoms with Crippen molar-refractivity contribution in [3.05, 3.63) is 36.0 Å². The zero-order chi connectivity index (χ0) is 9.80. The van der Waals surface area contributed by atoms with Gasteiger partial charge >= 0.3 is 0 Å². The van der Waals surface area contributed by atoms with E-state index in [0.717, 1.165) is 6.42 Å². The molecule has 3 heteroatoms. The number of hydrogen-bond donors (Lipinski definition) is 1. The second kappa shape index (κ2) is 4.18. The number of benzene rings is 1. The summed E-state index contributed by atoms with van der Waals surface area (Å²) in [5, 5.41) is 3.65. The first-order chi connectivity index (χ1) is 6.92. The number of aromatic amines is 1. The van der Waals surface area contributed by atoms with E-state index in [1.165, 1.54) is 16.5 Å². The minimum Gasteiger partial charge on any atom is -0.361 e. The number of hydrogen-bond acceptors (Lipinski definition) is 2. The van der Waals surface area contributed by atoms with Crippen LogP contribution in [-0.2, 0) is 6.42 Å². The number of fused-ring (bicyclic) bond motifs is 1. The monoisotopic (exact) mass is 202 g/mol. The largest absolute Gasteiger partial charge is 0.361 e. The van der Waals surface area contributed by atoms with Crippen LogP contribution < -0.4 is 0 Å². The van der Waals surface area contributed by atoms with E-state index < -0.39 is 0 Å². The number of aromatic nitrogens is 1. The van der Waals surface area contributed by atoms with Gasteiger partial charge in [0.1, 0.15) is 0 Å². The van der Waals surface area contributed by atoms with Gasteiger partial charge in [0, 0.05) is 17.1 Å². The molecule has 0 saturated heterocycles. The van der Waals surface area contributed by atoms with Gasteiger partial charge in [-0.05, 0) is 30.3 Å². The summed E-state index contributed by atoms with van der Waals surface area (Å²) < 4.78 is 0. The molecule has 2 rings (SSSR count). The maximum Gasteiger partial charge on any atom is 0.0585 e. The second-order valence-electron chi connectivity index (χ2n) is 3.08. The lowest BCUT2D eigenvalue weighted by molar-refractivity contribution is 0.984. The molecule has 0 aliphatic rings. The van der Waals surface area contributed by atoms with Crippen LogP contribution in [0.2, 0.25) is 0 Å². The predicted octanol–water partition coefficient (Wildman–Crippen LogP) is 2.81. The lowest BCUT2D eigenvalue weighted by atomic mass is 10.1. The summed E-state index contributed by atoms with van der Waals surface area (Å²) in [5.74, 6) is 0. The summed E-state index contributed by atoms with van der Waals surface area (Å²) in [7, 11) is 0. The van der Waals surface area contributed by atoms with E-state index >= 15 is 0 Å². The van der Waals surface area contributed by atoms with Gasteiger partial charge in [0.05, 0.1) is 11.7 Å². The molecule has 0 atom stereocenters. The highest BCUT2D eigenvalue weighted by molar-refractivity contribution is 7.78. The number of para-hydroxylation sites is 1. The van der Waals surface area contributed by atoms with E-state index in [4.69, 9.17) is 0 Å². The Morgan fingerprint density at radius 1 is 1.36 bits per heavy atom. The zero-order valence-electron chi connectivity index (χ0n) is 7.66. The van der Waals surface area contributed by atoms with Gasteiger partial charge in [0.15, 0.2) is 0 Å². The van der Waals surface area contributed by atoms with Crippen molar-refractivity contribution in [1.82, 2.24) is 4.98 Å². The topological polar surface area (TPSA) is 28.1 Å². The van der Waals surface area contributed by atoms with Gasteiger partial charge in [-0.15, -0.1) is 0 Å². The molecule has 0 saturated carbocycles. The SMILES string of the molecule is S=C=NCCc1c[nH]c2ccccc12. The fourth-order valence-electron chi connectivity index (χ4n) is 1.56. The number of rotatable bonds is 3. The minimum atomic E-state index is 0.714. The standard InChI is InChI=1S/C11H10N2S/c14-8-12-6-5-9-7-13-11-4-2-1-3-10(9)11/h1-4,7,13H,5-6H2. The van der Waals surface area contributed by atoms with Gasteiger partial charge < -0.3 is 4.98 Å². The van der Waals surface area contributed by atoms with Crippen molar-refractivity contribution >= 4 is 28.3 Å². The Labute approximate surface area is 87.7 Å². The smallest absolute Gasteiger partial charge is 0.0585 e. The molecule has 1 N–H and O–H groups in total. The molecule has 1 heterocycles. The van der Waals surface area contributed by atoms with Crippen molar-refractivity contribution in [3.63, 3.8) is 0 Å². The molecule has 70 valence electrons. The Morgan fingerprint density at radius 2 is 2.21 bits per heavy atom. The molecule has 0 aliphatic carbocycles. The van der Waals surface area contributed by atoms with Gasteiger partial charge in [-0.3, -0.25) is 0 Å². The second-order valence-corrected chi connectivity index (χ2v) is 3.27. The maximum absolute atomic E-state index is 4.52. The summed E-state index contributed by atoms with van der Waals surface area (Å²) in [6.45, 7) is 0.714. The molecular weight excluding hydrogens is 192 g/mol. The molecule has 0 spiro atoms. The molecule has 2 aromatic rings. The number of nitrogens with one attached hydrogen (secondary N) is 1. The highest BCUT2D eigenvalue weighted by atomic mass is 32.1. The van der Waals surface area contributed by atoms with Crippen molar-refractivity contribution < 1.29 is 0 Å². The molecule has 0 radical (unpaired) electrons. The first-order valence-corrected chi connectivity index (χ1v) is 4.91. The van der Waals surface area contributed by atoms with Gasteiger partial charge in [-0.1, -0.05) is 18.2 Å². The first-order valence-electron chi connectivity index (χ1n) is 4.50. The fraction of sp³-hybridized carbons (Fsp3) is 0.182. The van der Waals surface area contributed by atoms with E-state index in [1.807, 2.05) is 18.3 Å². The third-order valence-corrected chi connectivity index (χ3v) is 2.36. The van der Waals surface area contributed by atoms with Crippen molar-refractivity contribution in [3.8, 4) is 0 Å². The van der Waals surface area contributed by atoms with Gasteiger partial charge in [0.25, 0.3) is 0 Å². The van der Waals surface area contributed by atoms with Crippen molar-refractivity contribution in [1.29, 1.82) is 0 Å². The minimum absolute atomic E-state index is 0.714. The van der Waals surface area contributed by atoms with Crippen LogP contribution in [0.4, 0.5) is 0 Å². The summed E-state index contributed by atoms with van der Waals surface area (Å²) >= 11 is 4.52. The number of H-pyrrole nitrogens is 1. The third kappa shape index (κ3) is 1.74. The lowest BCUT2D eigenvalue weighted by Crippen LogP contribution is -1.86. The summed E-state index contributed by atoms with van der Waals surface area (Å²) in [6.07, 6.45) is 2.94. The van der Waals surface area contributed by atoms with Crippen molar-refractivity contribution in [2.75, 3.05) is 6.54 Å². The number of thiocarbonyl (C=S) groups is 1. The van der Waals surface area contributed by atoms with Crippen LogP contribution in [0, 0.1) is 0 Å². The first kappa shape index (κ1) is 9.13. The molecule has 0 fully saturated rings. The summed E-state index contributed by atoms with van der Waals surface area (Å²) in [4.78, 5) is 7.13. The summed E-state index contributed by atoms with van der Waals surface area (Å²) in [5.41, 5.74) is 2.46. The van der Waals surface area contributed by atoms with Crippen LogP contribution in [0.1, 0.15) is 5.56 Å². The molecule has 14 heavy (non-hydrogen) atoms. The quantitative estimate of drug-likeness (QED) is 0.601. The molecule has 1 aromatic carbocycles. The van der Waals surface area contributed by atoms with Crippen molar-refractivity contribution in [2.24, 2.45) is 4.99 Å². The van der Waals surface area contributed by atoms with Crippen LogP contribution >= 0.6 is 12.2 Å². The number of aliphatic imine (C=N–C) groups is 1. The summed E-state index contributed by atoms with van der Waals surface area (Å²) in [6, 6.07) is 8.25. The van der Waals surface area contributed by atoms with Gasteiger partial charge in [0.2, 0.25) is 0 Å². The Morgan fingerprint density at radius 3 is 3.07 bits per heavy atom. The van der Waals surface area contributed by atoms with Crippen LogP contribution in [-0.4, -0.2) is 16.7 Å². The van der Waals surface area contributed by atoms with E-state index in [1.54, 1.807) is 0 Å². The zero-order valence-corrected chi connectivity index (χ0v) is 8.47. The van der Waals surface area contributed by atoms with E-state index in [2.05, 4.69) is 39.5 Å². The average molecular weight is 202 g/mol. The fourth-order valence-corrected chi connectivity index (χ4v) is 1.65. The molecule has 0 unspecified atom stereocenters. The molecule has 0 bridgehead atoms. The third-order valence-electron chi connectivity index (χ3n) is 2.23. The Hall–Kier alpha value is -1.44. The lowest BCUT2D eigenvalue weighted by Gasteiger charge is -1.93. The molecule has 1 aromatic heterocycles. The van der Waals surface area contributed by atoms with Crippen LogP contribution in [0.5, 0.6) is 0 Å². The highest BCUT2D eigenvalue weighted by Crippen LogP contribution is 2.17. The molecular formula is C11H10N2S. The Balaban J connectivity index is 2.29. The van der Waals surface area contributed by atoms with E-state index in [-0.39, 0.29) is 0 Å². The molecule has 2 nitrogen and oxygen atoms in total. The normalized spacial score (nSPS) is 10.0. The highest BCUT2D eigenvalue weighted by Gasteiger charge is 2.00. The van der Waals surface area contributed by atoms with E-state index in [9.17, 15) is 0 Å². The average Bonchev–Trinajstić information content (AvgIpc) is 2.63. The van der Waals surface area contributed by atoms with Gasteiger partial charge in [-0.25, -0.2) is 4.99 Å². The van der Waals surface area contributed by atoms with Crippen LogP contribution in [0.3, 0.4) is 0 Å². The van der Waals surface area contributed by atoms with E-state index in [0.29, 0.717) is 6.54 Å². The molecule has 0 aliphatic heterocycles. The van der Waals surface area contributed by atoms with Crippen LogP contribution in [0.15, 0.2) is 35.5 Å². The van der Waals surface area contributed by atoms with Crippen LogP contribution in [0.25, 0.3) is 10.9 Å². The molecule has 0 amide bonds. The Kier molecular flexibility index (Phi) is 2.73. The number of nitrogens with zero attached hydrogens (tertiary/aromatic N) is 1. The maximum atomic E-state index is 4.52. The van der Waals surface area contributed by atoms with Gasteiger partial charge in [-0.2, -0.15) is 0 Å². The number of isothiocyanates is 1.